The first-order chi connectivity index (χ1) is 9.91. The van der Waals surface area contributed by atoms with Gasteiger partial charge < -0.3 is 5.11 Å². The van der Waals surface area contributed by atoms with Gasteiger partial charge in [-0.2, -0.15) is 0 Å². The second-order valence-corrected chi connectivity index (χ2v) is 2.54. The van der Waals surface area contributed by atoms with Crippen LogP contribution in [0.1, 0.15) is 0 Å². The van der Waals surface area contributed by atoms with Crippen molar-refractivity contribution in [2.45, 2.75) is 0 Å². The van der Waals surface area contributed by atoms with Crippen molar-refractivity contribution in [1.29, 1.82) is 0 Å². The van der Waals surface area contributed by atoms with Gasteiger partial charge in [-0.05, 0) is 47.4 Å². The predicted octanol–water partition coefficient (Wildman–Crippen LogP) is 0.180. The van der Waals surface area contributed by atoms with Crippen LogP contribution in [-0.2, 0) is 0 Å². The fourth-order valence-corrected chi connectivity index (χ4v) is 0.574. The Morgan fingerprint density at radius 1 is 0.400 bits per heavy atom. The third kappa shape index (κ3) is 14.3. The number of aliphatic hydroxyl groups is 1. The van der Waals surface area contributed by atoms with Crippen LogP contribution in [0.5, 0.6) is 0 Å². The summed E-state index contributed by atoms with van der Waals surface area (Å²) < 4.78 is 0. The molecule has 0 amide bonds. The minimum atomic E-state index is 1.63. The van der Waals surface area contributed by atoms with Crippen LogP contribution < -0.4 is 0 Å². The van der Waals surface area contributed by atoms with Gasteiger partial charge in [-0.15, -0.1) is 0 Å². The van der Waals surface area contributed by atoms with E-state index in [9.17, 15) is 0 Å². The van der Waals surface area contributed by atoms with Crippen molar-refractivity contribution in [3.8, 4) is 106 Å². The molecule has 1 nitrogen and oxygen atoms in total. The zero-order valence-corrected chi connectivity index (χ0v) is 11.2. The molecule has 1 unspecified atom stereocenters. The molecular weight excluding hydrogens is 263 g/mol. The number of hydrogen-bond acceptors (Lipinski definition) is 1. The van der Waals surface area contributed by atoms with Gasteiger partial charge in [0.2, 0.25) is 0 Å². The third-order valence-corrected chi connectivity index (χ3v) is 1.21. The first kappa shape index (κ1) is 16.3. The fourth-order valence-electron chi connectivity index (χ4n) is 0.502. The maximum absolute atomic E-state index is 8.09. The van der Waals surface area contributed by atoms with Crippen LogP contribution in [0.3, 0.4) is 0 Å². The highest BCUT2D eigenvalue weighted by molar-refractivity contribution is 7.23. The molecular formula is C18H3OP. The summed E-state index contributed by atoms with van der Waals surface area (Å²) in [5.74, 6) is 38.9. The molecule has 2 heteroatoms. The summed E-state index contributed by atoms with van der Waals surface area (Å²) >= 11 is 0. The average Bonchev–Trinajstić information content (AvgIpc) is 2.47. The van der Waals surface area contributed by atoms with Gasteiger partial charge >= 0.3 is 0 Å². The largest absolute Gasteiger partial charge is 0.461 e. The summed E-state index contributed by atoms with van der Waals surface area (Å²) in [7, 11) is 2.23. The summed E-state index contributed by atoms with van der Waals surface area (Å²) in [5, 5.41) is 8.09. The zero-order chi connectivity index (χ0) is 14.7. The zero-order valence-electron chi connectivity index (χ0n) is 10.0. The molecule has 0 aromatic rings. The van der Waals surface area contributed by atoms with Crippen molar-refractivity contribution in [3.63, 3.8) is 0 Å². The minimum absolute atomic E-state index is 1.63. The van der Waals surface area contributed by atoms with Gasteiger partial charge in [0.05, 0.1) is 0 Å². The molecule has 86 valence electrons. The second-order valence-electron chi connectivity index (χ2n) is 2.26. The summed E-state index contributed by atoms with van der Waals surface area (Å²) in [6, 6.07) is 0. The first-order valence-corrected chi connectivity index (χ1v) is 5.34. The molecule has 0 bridgehead atoms. The Hall–Kier alpha value is -3.73. The minimum Gasteiger partial charge on any atom is -0.461 e. The van der Waals surface area contributed by atoms with E-state index >= 15 is 0 Å². The van der Waals surface area contributed by atoms with Gasteiger partial charge in [-0.1, -0.05) is 14.9 Å². The smallest absolute Gasteiger partial charge is 0.122 e. The van der Waals surface area contributed by atoms with Crippen molar-refractivity contribution in [2.24, 2.45) is 0 Å². The molecule has 0 heterocycles. The van der Waals surface area contributed by atoms with Crippen LogP contribution in [0.25, 0.3) is 0 Å². The first-order valence-electron chi connectivity index (χ1n) is 4.76. The molecule has 1 atom stereocenters. The van der Waals surface area contributed by atoms with E-state index < -0.39 is 0 Å². The highest BCUT2D eigenvalue weighted by Gasteiger charge is 1.58. The third-order valence-electron chi connectivity index (χ3n) is 1.07. The maximum atomic E-state index is 8.09. The van der Waals surface area contributed by atoms with E-state index in [2.05, 4.69) is 110 Å². The lowest BCUT2D eigenvalue weighted by Gasteiger charge is -1.56. The van der Waals surface area contributed by atoms with Crippen LogP contribution in [-0.4, -0.2) is 5.11 Å². The van der Waals surface area contributed by atoms with Crippen molar-refractivity contribution < 1.29 is 5.11 Å². The topological polar surface area (TPSA) is 20.2 Å². The van der Waals surface area contributed by atoms with Crippen LogP contribution in [0.2, 0.25) is 0 Å². The quantitative estimate of drug-likeness (QED) is 0.490. The summed E-state index contributed by atoms with van der Waals surface area (Å²) in [6.45, 7) is 0. The standard InChI is InChI=1S/C18H3OP/c19-17-15-13-11-9-7-5-3-1-2-4-6-8-10-12-14-16-18-20/h19H,20H2. The van der Waals surface area contributed by atoms with Crippen molar-refractivity contribution in [3.05, 3.63) is 0 Å². The Morgan fingerprint density at radius 3 is 0.900 bits per heavy atom. The molecule has 0 saturated heterocycles. The summed E-state index contributed by atoms with van der Waals surface area (Å²) in [6.07, 6.45) is 1.63. The van der Waals surface area contributed by atoms with Gasteiger partial charge in [-0.3, -0.25) is 0 Å². The van der Waals surface area contributed by atoms with Gasteiger partial charge in [0.1, 0.15) is 6.11 Å². The van der Waals surface area contributed by atoms with E-state index in [1.807, 2.05) is 0 Å². The molecule has 0 rings (SSSR count). The summed E-state index contributed by atoms with van der Waals surface area (Å²) in [5.41, 5.74) is 2.53. The monoisotopic (exact) mass is 266 g/mol. The highest BCUT2D eigenvalue weighted by atomic mass is 31.0. The Bertz CT molecular complexity index is 832. The predicted molar refractivity (Wildman–Crippen MR) is 81.6 cm³/mol. The van der Waals surface area contributed by atoms with Crippen molar-refractivity contribution >= 4 is 9.24 Å². The lowest BCUT2D eigenvalue weighted by molar-refractivity contribution is 0.517. The van der Waals surface area contributed by atoms with Crippen molar-refractivity contribution in [1.82, 2.24) is 0 Å². The number of aliphatic hydroxyl groups excluding tert-OH is 1. The molecule has 0 aliphatic carbocycles. The van der Waals surface area contributed by atoms with E-state index in [4.69, 9.17) is 5.11 Å². The van der Waals surface area contributed by atoms with Gasteiger partial charge in [-0.25, -0.2) is 0 Å². The lowest BCUT2D eigenvalue weighted by Crippen LogP contribution is -1.56. The van der Waals surface area contributed by atoms with Crippen LogP contribution in [0.15, 0.2) is 0 Å². The molecule has 0 aliphatic heterocycles. The van der Waals surface area contributed by atoms with E-state index in [1.165, 1.54) is 0 Å². The normalized spacial score (nSPS) is 3.85. The Labute approximate surface area is 121 Å². The molecule has 0 aliphatic rings. The fraction of sp³-hybridized carbons (Fsp3) is 0. The SMILES string of the molecule is OC#CC#CC#CC#CC#CC#CC#CC#CC#CP. The van der Waals surface area contributed by atoms with Gasteiger partial charge in [0.15, 0.2) is 0 Å². The van der Waals surface area contributed by atoms with Gasteiger partial charge in [0, 0.05) is 47.4 Å². The lowest BCUT2D eigenvalue weighted by atomic mass is 10.5. The van der Waals surface area contributed by atoms with Gasteiger partial charge in [0.25, 0.3) is 0 Å². The molecule has 0 saturated carbocycles. The van der Waals surface area contributed by atoms with E-state index in [-0.39, 0.29) is 0 Å². The van der Waals surface area contributed by atoms with Crippen molar-refractivity contribution in [2.75, 3.05) is 0 Å². The molecule has 0 radical (unpaired) electrons. The number of hydrogen-bond donors (Lipinski definition) is 1. The molecule has 0 spiro atoms. The molecule has 20 heavy (non-hydrogen) atoms. The van der Waals surface area contributed by atoms with E-state index in [1.54, 1.807) is 6.11 Å². The Morgan fingerprint density at radius 2 is 0.650 bits per heavy atom. The van der Waals surface area contributed by atoms with E-state index in [0.717, 1.165) is 0 Å². The molecule has 0 fully saturated rings. The van der Waals surface area contributed by atoms with Crippen LogP contribution in [0, 0.1) is 106 Å². The highest BCUT2D eigenvalue weighted by Crippen LogP contribution is 1.66. The Balaban J connectivity index is 4.33. The summed E-state index contributed by atoms with van der Waals surface area (Å²) in [4.78, 5) is 0. The average molecular weight is 266 g/mol. The van der Waals surface area contributed by atoms with Crippen LogP contribution >= 0.6 is 9.24 Å². The molecule has 0 aromatic carbocycles. The second kappa shape index (κ2) is 15.3. The molecule has 0 aromatic heterocycles. The number of rotatable bonds is 0. The van der Waals surface area contributed by atoms with E-state index in [0.29, 0.717) is 0 Å². The van der Waals surface area contributed by atoms with Crippen LogP contribution in [0.4, 0.5) is 0 Å². The maximum Gasteiger partial charge on any atom is 0.122 e. The Kier molecular flexibility index (Phi) is 12.4. The molecule has 1 N–H and O–H groups in total.